The Hall–Kier alpha value is -0.900. The van der Waals surface area contributed by atoms with Gasteiger partial charge in [-0.3, -0.25) is 5.84 Å². The van der Waals surface area contributed by atoms with Gasteiger partial charge in [0.05, 0.1) is 0 Å². The molecule has 3 nitrogen and oxygen atoms in total. The topological polar surface area (TPSA) is 49.5 Å². The van der Waals surface area contributed by atoms with Crippen molar-refractivity contribution in [2.45, 2.75) is 5.92 Å². The summed E-state index contributed by atoms with van der Waals surface area (Å²) in [5.74, 6) is 6.41. The van der Waals surface area contributed by atoms with Crippen LogP contribution in [0.4, 0.5) is 0 Å². The van der Waals surface area contributed by atoms with E-state index >= 15 is 0 Å². The largest absolute Gasteiger partial charge is 0.396 e. The summed E-state index contributed by atoms with van der Waals surface area (Å²) in [5.41, 5.74) is 1.28. The highest BCUT2D eigenvalue weighted by Gasteiger charge is 2.31. The zero-order valence-electron chi connectivity index (χ0n) is 8.13. The van der Waals surface area contributed by atoms with E-state index in [1.54, 1.807) is 5.01 Å². The summed E-state index contributed by atoms with van der Waals surface area (Å²) in [6.07, 6.45) is 0. The summed E-state index contributed by atoms with van der Waals surface area (Å²) in [7, 11) is 0. The summed E-state index contributed by atoms with van der Waals surface area (Å²) in [4.78, 5) is 0. The van der Waals surface area contributed by atoms with Crippen molar-refractivity contribution in [3.63, 3.8) is 0 Å². The molecular formula is C11H16N2O. The molecule has 0 unspecified atom stereocenters. The first-order valence-corrected chi connectivity index (χ1v) is 4.96. The molecule has 1 aromatic carbocycles. The Morgan fingerprint density at radius 1 is 1.29 bits per heavy atom. The molecule has 1 aliphatic rings. The van der Waals surface area contributed by atoms with Crippen molar-refractivity contribution in [2.75, 3.05) is 19.7 Å². The highest BCUT2D eigenvalue weighted by Crippen LogP contribution is 2.30. The third-order valence-corrected chi connectivity index (χ3v) is 2.93. The van der Waals surface area contributed by atoms with Crippen molar-refractivity contribution in [1.29, 1.82) is 0 Å². The highest BCUT2D eigenvalue weighted by molar-refractivity contribution is 5.22. The van der Waals surface area contributed by atoms with Crippen LogP contribution in [0.1, 0.15) is 11.5 Å². The van der Waals surface area contributed by atoms with Crippen molar-refractivity contribution in [3.8, 4) is 0 Å². The second-order valence-electron chi connectivity index (χ2n) is 3.91. The summed E-state index contributed by atoms with van der Waals surface area (Å²) >= 11 is 0. The van der Waals surface area contributed by atoms with E-state index in [1.807, 2.05) is 18.2 Å². The zero-order valence-corrected chi connectivity index (χ0v) is 8.13. The van der Waals surface area contributed by atoms with E-state index in [9.17, 15) is 5.11 Å². The SMILES string of the molecule is NN1C[C@H](CO)[C@@H](c2ccccc2)C1. The van der Waals surface area contributed by atoms with Gasteiger partial charge >= 0.3 is 0 Å². The minimum atomic E-state index is 0.216. The van der Waals surface area contributed by atoms with Gasteiger partial charge in [-0.2, -0.15) is 0 Å². The average molecular weight is 192 g/mol. The number of aliphatic hydroxyl groups excluding tert-OH is 1. The van der Waals surface area contributed by atoms with Crippen LogP contribution in [0.3, 0.4) is 0 Å². The second kappa shape index (κ2) is 4.09. The molecule has 0 aliphatic carbocycles. The number of rotatable bonds is 2. The second-order valence-corrected chi connectivity index (χ2v) is 3.91. The Bertz CT molecular complexity index is 289. The van der Waals surface area contributed by atoms with Gasteiger partial charge < -0.3 is 5.11 Å². The Morgan fingerprint density at radius 3 is 2.64 bits per heavy atom. The monoisotopic (exact) mass is 192 g/mol. The molecule has 1 aliphatic heterocycles. The van der Waals surface area contributed by atoms with Crippen molar-refractivity contribution >= 4 is 0 Å². The number of aliphatic hydroxyl groups is 1. The van der Waals surface area contributed by atoms with Crippen LogP contribution >= 0.6 is 0 Å². The predicted octanol–water partition coefficient (Wildman–Crippen LogP) is 0.568. The highest BCUT2D eigenvalue weighted by atomic mass is 16.3. The Kier molecular flexibility index (Phi) is 2.82. The van der Waals surface area contributed by atoms with Crippen LogP contribution < -0.4 is 5.84 Å². The minimum Gasteiger partial charge on any atom is -0.396 e. The van der Waals surface area contributed by atoms with Crippen LogP contribution in [-0.2, 0) is 0 Å². The van der Waals surface area contributed by atoms with Crippen LogP contribution in [-0.4, -0.2) is 29.8 Å². The molecule has 2 atom stereocenters. The number of hydrazine groups is 1. The number of benzene rings is 1. The fraction of sp³-hybridized carbons (Fsp3) is 0.455. The molecule has 0 saturated carbocycles. The van der Waals surface area contributed by atoms with E-state index in [0.717, 1.165) is 13.1 Å². The van der Waals surface area contributed by atoms with E-state index < -0.39 is 0 Å². The fourth-order valence-electron chi connectivity index (χ4n) is 2.17. The van der Waals surface area contributed by atoms with Gasteiger partial charge in [-0.1, -0.05) is 30.3 Å². The maximum absolute atomic E-state index is 9.23. The lowest BCUT2D eigenvalue weighted by Gasteiger charge is -2.15. The molecule has 1 saturated heterocycles. The van der Waals surface area contributed by atoms with Gasteiger partial charge in [0.15, 0.2) is 0 Å². The lowest BCUT2D eigenvalue weighted by molar-refractivity contribution is 0.216. The van der Waals surface area contributed by atoms with E-state index in [2.05, 4.69) is 12.1 Å². The molecule has 0 aromatic heterocycles. The van der Waals surface area contributed by atoms with Gasteiger partial charge in [-0.25, -0.2) is 5.01 Å². The first-order chi connectivity index (χ1) is 6.81. The molecule has 0 bridgehead atoms. The van der Waals surface area contributed by atoms with Crippen LogP contribution in [0, 0.1) is 5.92 Å². The van der Waals surface area contributed by atoms with E-state index in [-0.39, 0.29) is 12.5 Å². The Labute approximate surface area is 84.1 Å². The average Bonchev–Trinajstić information content (AvgIpc) is 2.61. The molecular weight excluding hydrogens is 176 g/mol. The van der Waals surface area contributed by atoms with Gasteiger partial charge in [0, 0.05) is 31.5 Å². The van der Waals surface area contributed by atoms with Gasteiger partial charge in [0.2, 0.25) is 0 Å². The molecule has 1 fully saturated rings. The smallest absolute Gasteiger partial charge is 0.0478 e. The normalized spacial score (nSPS) is 28.1. The molecule has 76 valence electrons. The molecule has 3 heteroatoms. The molecule has 3 N–H and O–H groups in total. The van der Waals surface area contributed by atoms with E-state index in [0.29, 0.717) is 5.92 Å². The van der Waals surface area contributed by atoms with Crippen molar-refractivity contribution in [1.82, 2.24) is 5.01 Å². The molecule has 2 rings (SSSR count). The summed E-state index contributed by atoms with van der Waals surface area (Å²) in [6.45, 7) is 1.85. The Balaban J connectivity index is 2.18. The number of hydrogen-bond acceptors (Lipinski definition) is 3. The first-order valence-electron chi connectivity index (χ1n) is 4.96. The standard InChI is InChI=1S/C11H16N2O/c12-13-6-10(8-14)11(7-13)9-4-2-1-3-5-9/h1-5,10-11,14H,6-8,12H2/t10-,11-/m1/s1. The molecule has 14 heavy (non-hydrogen) atoms. The lowest BCUT2D eigenvalue weighted by atomic mass is 9.90. The number of nitrogens with zero attached hydrogens (tertiary/aromatic N) is 1. The third kappa shape index (κ3) is 1.80. The molecule has 0 spiro atoms. The van der Waals surface area contributed by atoms with Crippen molar-refractivity contribution < 1.29 is 5.11 Å². The molecule has 0 amide bonds. The van der Waals surface area contributed by atoms with Crippen LogP contribution in [0.25, 0.3) is 0 Å². The third-order valence-electron chi connectivity index (χ3n) is 2.93. The maximum Gasteiger partial charge on any atom is 0.0478 e. The minimum absolute atomic E-state index is 0.216. The Morgan fingerprint density at radius 2 is 2.00 bits per heavy atom. The predicted molar refractivity (Wildman–Crippen MR) is 55.5 cm³/mol. The molecule has 0 radical (unpaired) electrons. The van der Waals surface area contributed by atoms with E-state index in [1.165, 1.54) is 5.56 Å². The zero-order chi connectivity index (χ0) is 9.97. The molecule has 1 aromatic rings. The lowest BCUT2D eigenvalue weighted by Crippen LogP contribution is -2.28. The summed E-state index contributed by atoms with van der Waals surface area (Å²) < 4.78 is 0. The number of hydrogen-bond donors (Lipinski definition) is 2. The first kappa shape index (κ1) is 9.65. The maximum atomic E-state index is 9.23. The van der Waals surface area contributed by atoms with Crippen molar-refractivity contribution in [3.05, 3.63) is 35.9 Å². The molecule has 1 heterocycles. The van der Waals surface area contributed by atoms with Gasteiger partial charge in [0.25, 0.3) is 0 Å². The van der Waals surface area contributed by atoms with Crippen LogP contribution in [0.2, 0.25) is 0 Å². The quantitative estimate of drug-likeness (QED) is 0.673. The van der Waals surface area contributed by atoms with Crippen molar-refractivity contribution in [2.24, 2.45) is 11.8 Å². The summed E-state index contributed by atoms with van der Waals surface area (Å²) in [5, 5.41) is 11.0. The van der Waals surface area contributed by atoms with Gasteiger partial charge in [-0.05, 0) is 5.56 Å². The van der Waals surface area contributed by atoms with Crippen LogP contribution in [0.15, 0.2) is 30.3 Å². The number of nitrogens with two attached hydrogens (primary N) is 1. The van der Waals surface area contributed by atoms with Gasteiger partial charge in [0.1, 0.15) is 0 Å². The van der Waals surface area contributed by atoms with Gasteiger partial charge in [-0.15, -0.1) is 0 Å². The van der Waals surface area contributed by atoms with E-state index in [4.69, 9.17) is 5.84 Å². The fourth-order valence-corrected chi connectivity index (χ4v) is 2.17. The summed E-state index contributed by atoms with van der Waals surface area (Å²) in [6, 6.07) is 10.3. The van der Waals surface area contributed by atoms with Crippen LogP contribution in [0.5, 0.6) is 0 Å².